The highest BCUT2D eigenvalue weighted by molar-refractivity contribution is 5.94. The largest absolute Gasteiger partial charge is 0.469 e. The zero-order valence-electron chi connectivity index (χ0n) is 13.0. The fraction of sp³-hybridized carbons (Fsp3) is 0.529. The molecule has 1 amide bonds. The van der Waals surface area contributed by atoms with E-state index in [1.807, 2.05) is 0 Å². The van der Waals surface area contributed by atoms with E-state index in [1.54, 1.807) is 11.8 Å². The first-order valence-corrected chi connectivity index (χ1v) is 7.67. The molecule has 0 heterocycles. The summed E-state index contributed by atoms with van der Waals surface area (Å²) in [4.78, 5) is 26.1. The lowest BCUT2D eigenvalue weighted by Gasteiger charge is -2.31. The molecule has 1 saturated carbocycles. The average molecular weight is 307 g/mol. The van der Waals surface area contributed by atoms with Gasteiger partial charge >= 0.3 is 5.97 Å². The van der Waals surface area contributed by atoms with E-state index in [-0.39, 0.29) is 29.7 Å². The van der Waals surface area contributed by atoms with Crippen molar-refractivity contribution in [2.24, 2.45) is 5.92 Å². The van der Waals surface area contributed by atoms with Gasteiger partial charge in [-0.25, -0.2) is 4.39 Å². The Morgan fingerprint density at radius 2 is 1.86 bits per heavy atom. The van der Waals surface area contributed by atoms with Gasteiger partial charge < -0.3 is 9.64 Å². The van der Waals surface area contributed by atoms with Crippen molar-refractivity contribution >= 4 is 11.9 Å². The Kier molecular flexibility index (Phi) is 5.52. The second-order valence-electron chi connectivity index (χ2n) is 5.83. The number of methoxy groups -OCH3 is 1. The summed E-state index contributed by atoms with van der Waals surface area (Å²) in [6, 6.07) is 5.68. The normalized spacial score (nSPS) is 16.3. The number of carbonyl (C=O) groups is 2. The summed E-state index contributed by atoms with van der Waals surface area (Å²) in [5.41, 5.74) is 0.449. The van der Waals surface area contributed by atoms with Crippen LogP contribution >= 0.6 is 0 Å². The quantitative estimate of drug-likeness (QED) is 0.786. The number of halogens is 1. The lowest BCUT2D eigenvalue weighted by atomic mass is 10.1. The van der Waals surface area contributed by atoms with E-state index in [0.717, 1.165) is 25.7 Å². The highest BCUT2D eigenvalue weighted by Crippen LogP contribution is 2.26. The van der Waals surface area contributed by atoms with Crippen molar-refractivity contribution in [2.45, 2.75) is 38.6 Å². The van der Waals surface area contributed by atoms with E-state index in [0.29, 0.717) is 12.1 Å². The van der Waals surface area contributed by atoms with E-state index >= 15 is 0 Å². The first-order valence-electron chi connectivity index (χ1n) is 7.67. The molecule has 0 aromatic heterocycles. The zero-order chi connectivity index (χ0) is 16.1. The van der Waals surface area contributed by atoms with Crippen LogP contribution in [0.25, 0.3) is 0 Å². The Labute approximate surface area is 130 Å². The maximum Gasteiger partial charge on any atom is 0.310 e. The number of ether oxygens (including phenoxy) is 1. The van der Waals surface area contributed by atoms with Crippen molar-refractivity contribution in [1.82, 2.24) is 4.90 Å². The average Bonchev–Trinajstić information content (AvgIpc) is 3.05. The van der Waals surface area contributed by atoms with E-state index in [4.69, 9.17) is 4.74 Å². The van der Waals surface area contributed by atoms with E-state index in [2.05, 4.69) is 0 Å². The molecule has 1 atom stereocenters. The lowest BCUT2D eigenvalue weighted by Crippen LogP contribution is -2.43. The lowest BCUT2D eigenvalue weighted by molar-refractivity contribution is -0.145. The second kappa shape index (κ2) is 7.38. The van der Waals surface area contributed by atoms with Gasteiger partial charge in [0.25, 0.3) is 5.91 Å². The van der Waals surface area contributed by atoms with Crippen LogP contribution in [-0.2, 0) is 9.53 Å². The number of amides is 1. The van der Waals surface area contributed by atoms with Gasteiger partial charge in [0.15, 0.2) is 0 Å². The molecule has 0 radical (unpaired) electrons. The van der Waals surface area contributed by atoms with Gasteiger partial charge in [0, 0.05) is 18.2 Å². The van der Waals surface area contributed by atoms with E-state index < -0.39 is 0 Å². The second-order valence-corrected chi connectivity index (χ2v) is 5.83. The third-order valence-corrected chi connectivity index (χ3v) is 4.19. The van der Waals surface area contributed by atoms with Crippen molar-refractivity contribution in [2.75, 3.05) is 13.7 Å². The van der Waals surface area contributed by atoms with Gasteiger partial charge in [-0.3, -0.25) is 9.59 Å². The third-order valence-electron chi connectivity index (χ3n) is 4.19. The summed E-state index contributed by atoms with van der Waals surface area (Å²) in [6.07, 6.45) is 4.07. The number of hydrogen-bond acceptors (Lipinski definition) is 3. The molecule has 1 aromatic rings. The first kappa shape index (κ1) is 16.5. The van der Waals surface area contributed by atoms with Crippen molar-refractivity contribution in [3.63, 3.8) is 0 Å². The summed E-state index contributed by atoms with van der Waals surface area (Å²) < 4.78 is 17.8. The topological polar surface area (TPSA) is 46.6 Å². The smallest absolute Gasteiger partial charge is 0.310 e. The van der Waals surface area contributed by atoms with Crippen LogP contribution in [0.5, 0.6) is 0 Å². The molecule has 1 unspecified atom stereocenters. The van der Waals surface area contributed by atoms with E-state index in [1.165, 1.54) is 31.4 Å². The van der Waals surface area contributed by atoms with Crippen LogP contribution in [-0.4, -0.2) is 36.5 Å². The van der Waals surface area contributed by atoms with Crippen LogP contribution in [0.15, 0.2) is 24.3 Å². The molecule has 1 aromatic carbocycles. The number of benzene rings is 1. The summed E-state index contributed by atoms with van der Waals surface area (Å²) in [5, 5.41) is 0. The van der Waals surface area contributed by atoms with Crippen molar-refractivity contribution < 1.29 is 18.7 Å². The molecule has 0 aliphatic heterocycles. The summed E-state index contributed by atoms with van der Waals surface area (Å²) >= 11 is 0. The predicted octanol–water partition coefficient (Wildman–Crippen LogP) is 3.02. The minimum Gasteiger partial charge on any atom is -0.469 e. The minimum absolute atomic E-state index is 0.143. The molecule has 1 fully saturated rings. The van der Waals surface area contributed by atoms with Crippen LogP contribution in [0, 0.1) is 11.7 Å². The van der Waals surface area contributed by atoms with Crippen molar-refractivity contribution in [3.05, 3.63) is 35.6 Å². The Hall–Kier alpha value is -1.91. The molecule has 0 saturated heterocycles. The summed E-state index contributed by atoms with van der Waals surface area (Å²) in [5.74, 6) is -1.22. The Bertz CT molecular complexity index is 523. The van der Waals surface area contributed by atoms with Crippen molar-refractivity contribution in [3.8, 4) is 0 Å². The van der Waals surface area contributed by atoms with Gasteiger partial charge in [0.2, 0.25) is 0 Å². The molecule has 5 heteroatoms. The molecule has 1 aliphatic rings. The fourth-order valence-electron chi connectivity index (χ4n) is 2.94. The van der Waals surface area contributed by atoms with Crippen LogP contribution in [0.4, 0.5) is 4.39 Å². The van der Waals surface area contributed by atoms with Gasteiger partial charge in [-0.2, -0.15) is 0 Å². The highest BCUT2D eigenvalue weighted by atomic mass is 19.1. The molecule has 22 heavy (non-hydrogen) atoms. The molecule has 2 rings (SSSR count). The SMILES string of the molecule is COC(=O)C(C)CN(C(=O)c1ccc(F)cc1)C1CCCC1. The van der Waals surface area contributed by atoms with Gasteiger partial charge in [-0.05, 0) is 37.1 Å². The molecule has 0 bridgehead atoms. The van der Waals surface area contributed by atoms with E-state index in [9.17, 15) is 14.0 Å². The highest BCUT2D eigenvalue weighted by Gasteiger charge is 2.30. The molecule has 1 aliphatic carbocycles. The van der Waals surface area contributed by atoms with Gasteiger partial charge in [-0.1, -0.05) is 19.8 Å². The molecular weight excluding hydrogens is 285 g/mol. The minimum atomic E-state index is -0.380. The van der Waals surface area contributed by atoms with Crippen LogP contribution in [0.2, 0.25) is 0 Å². The number of hydrogen-bond donors (Lipinski definition) is 0. The fourth-order valence-corrected chi connectivity index (χ4v) is 2.94. The number of rotatable bonds is 5. The third kappa shape index (κ3) is 3.84. The van der Waals surface area contributed by atoms with Gasteiger partial charge in [-0.15, -0.1) is 0 Å². The van der Waals surface area contributed by atoms with Gasteiger partial charge in [0.05, 0.1) is 13.0 Å². The maximum absolute atomic E-state index is 13.0. The molecule has 120 valence electrons. The Balaban J connectivity index is 2.17. The zero-order valence-corrected chi connectivity index (χ0v) is 13.0. The number of nitrogens with zero attached hydrogens (tertiary/aromatic N) is 1. The maximum atomic E-state index is 13.0. The predicted molar refractivity (Wildman–Crippen MR) is 80.9 cm³/mol. The molecule has 4 nitrogen and oxygen atoms in total. The van der Waals surface area contributed by atoms with Gasteiger partial charge in [0.1, 0.15) is 5.82 Å². The standard InChI is InChI=1S/C17H22FNO3/c1-12(17(21)22-2)11-19(15-5-3-4-6-15)16(20)13-7-9-14(18)10-8-13/h7-10,12,15H,3-6,11H2,1-2H3. The Morgan fingerprint density at radius 3 is 2.41 bits per heavy atom. The molecular formula is C17H22FNO3. The number of esters is 1. The summed E-state index contributed by atoms with van der Waals surface area (Å²) in [7, 11) is 1.35. The van der Waals surface area contributed by atoms with Crippen LogP contribution in [0.3, 0.4) is 0 Å². The molecule has 0 spiro atoms. The van der Waals surface area contributed by atoms with Crippen LogP contribution < -0.4 is 0 Å². The number of carbonyl (C=O) groups excluding carboxylic acids is 2. The van der Waals surface area contributed by atoms with Crippen molar-refractivity contribution in [1.29, 1.82) is 0 Å². The Morgan fingerprint density at radius 1 is 1.27 bits per heavy atom. The first-order chi connectivity index (χ1) is 10.5. The monoisotopic (exact) mass is 307 g/mol. The summed E-state index contributed by atoms with van der Waals surface area (Å²) in [6.45, 7) is 2.08. The van der Waals surface area contributed by atoms with Crippen LogP contribution in [0.1, 0.15) is 43.0 Å². The molecule has 0 N–H and O–H groups in total.